The Hall–Kier alpha value is -1.96. The molecule has 0 radical (unpaired) electrons. The van der Waals surface area contributed by atoms with Gasteiger partial charge in [0.15, 0.2) is 0 Å². The molecular weight excluding hydrogens is 212 g/mol. The van der Waals surface area contributed by atoms with Crippen molar-refractivity contribution in [3.05, 3.63) is 5.53 Å². The maximum Gasteiger partial charge on any atom is 0.441 e. The summed E-state index contributed by atoms with van der Waals surface area (Å²) < 4.78 is 9.23. The molecule has 6 nitrogen and oxygen atoms in total. The van der Waals surface area contributed by atoms with Crippen molar-refractivity contribution in [2.24, 2.45) is 0 Å². The van der Waals surface area contributed by atoms with E-state index in [0.717, 1.165) is 7.11 Å². The van der Waals surface area contributed by atoms with Gasteiger partial charge in [-0.1, -0.05) is 5.92 Å². The van der Waals surface area contributed by atoms with Crippen LogP contribution in [0.5, 0.6) is 0 Å². The molecule has 0 aromatic rings. The Morgan fingerprint density at radius 1 is 1.44 bits per heavy atom. The molecule has 0 aromatic carbocycles. The van der Waals surface area contributed by atoms with Crippen molar-refractivity contribution >= 4 is 17.5 Å². The van der Waals surface area contributed by atoms with E-state index >= 15 is 0 Å². The van der Waals surface area contributed by atoms with Gasteiger partial charge in [-0.15, -0.1) is 5.92 Å². The molecule has 0 heterocycles. The van der Waals surface area contributed by atoms with Crippen LogP contribution in [-0.2, 0) is 19.1 Å². The molecule has 0 bridgehead atoms. The van der Waals surface area contributed by atoms with Gasteiger partial charge >= 0.3 is 11.7 Å². The van der Waals surface area contributed by atoms with Crippen molar-refractivity contribution < 1.29 is 23.9 Å². The Morgan fingerprint density at radius 3 is 2.62 bits per heavy atom. The van der Waals surface area contributed by atoms with E-state index in [1.807, 2.05) is 0 Å². The van der Waals surface area contributed by atoms with Gasteiger partial charge in [0, 0.05) is 6.42 Å². The molecule has 0 saturated carbocycles. The van der Waals surface area contributed by atoms with Gasteiger partial charge in [0.1, 0.15) is 6.61 Å². The SMILES string of the molecule is CC#CCOCCC(=O)C(=[N+]=[N-])C(=O)OC. The summed E-state index contributed by atoms with van der Waals surface area (Å²) in [5.74, 6) is 3.65. The van der Waals surface area contributed by atoms with Crippen LogP contribution in [0.3, 0.4) is 0 Å². The number of hydrogen-bond donors (Lipinski definition) is 0. The molecule has 0 aliphatic heterocycles. The van der Waals surface area contributed by atoms with Gasteiger partial charge in [0.05, 0.1) is 13.7 Å². The van der Waals surface area contributed by atoms with E-state index in [1.165, 1.54) is 0 Å². The molecule has 0 aliphatic rings. The third kappa shape index (κ3) is 5.05. The highest BCUT2D eigenvalue weighted by molar-refractivity contribution is 6.62. The van der Waals surface area contributed by atoms with Gasteiger partial charge in [-0.25, -0.2) is 4.79 Å². The average Bonchev–Trinajstić information content (AvgIpc) is 2.29. The van der Waals surface area contributed by atoms with Crippen LogP contribution < -0.4 is 0 Å². The number of methoxy groups -OCH3 is 1. The van der Waals surface area contributed by atoms with E-state index in [9.17, 15) is 9.59 Å². The number of carbonyl (C=O) groups excluding carboxylic acids is 2. The number of nitrogens with zero attached hydrogens (tertiary/aromatic N) is 2. The molecule has 16 heavy (non-hydrogen) atoms. The minimum absolute atomic E-state index is 0.0696. The van der Waals surface area contributed by atoms with Crippen LogP contribution in [0, 0.1) is 11.8 Å². The van der Waals surface area contributed by atoms with Crippen LogP contribution in [0.2, 0.25) is 0 Å². The van der Waals surface area contributed by atoms with Crippen molar-refractivity contribution in [1.29, 1.82) is 0 Å². The van der Waals surface area contributed by atoms with Crippen LogP contribution in [0.1, 0.15) is 13.3 Å². The third-order valence-electron chi connectivity index (χ3n) is 1.57. The molecule has 0 saturated heterocycles. The second-order valence-electron chi connectivity index (χ2n) is 2.59. The highest BCUT2D eigenvalue weighted by Gasteiger charge is 2.29. The highest BCUT2D eigenvalue weighted by atomic mass is 16.5. The first kappa shape index (κ1) is 14.0. The largest absolute Gasteiger partial charge is 0.460 e. The van der Waals surface area contributed by atoms with Gasteiger partial charge in [-0.05, 0) is 6.92 Å². The van der Waals surface area contributed by atoms with E-state index in [4.69, 9.17) is 10.3 Å². The van der Waals surface area contributed by atoms with Gasteiger partial charge in [-0.2, -0.15) is 4.79 Å². The lowest BCUT2D eigenvalue weighted by atomic mass is 10.2. The Balaban J connectivity index is 4.08. The molecule has 0 spiro atoms. The number of Topliss-reactive ketones (excluding diaryl/α,β-unsaturated/α-hetero) is 1. The second kappa shape index (κ2) is 8.36. The van der Waals surface area contributed by atoms with Crippen LogP contribution in [0.25, 0.3) is 5.53 Å². The number of hydrogen-bond acceptors (Lipinski definition) is 4. The fourth-order valence-electron chi connectivity index (χ4n) is 0.786. The Labute approximate surface area is 93.2 Å². The first-order valence-corrected chi connectivity index (χ1v) is 4.48. The second-order valence-corrected chi connectivity index (χ2v) is 2.59. The first-order chi connectivity index (χ1) is 7.67. The molecule has 6 heteroatoms. The predicted octanol–water partition coefficient (Wildman–Crippen LogP) is -0.171. The number of carbonyl (C=O) groups is 2. The van der Waals surface area contributed by atoms with Gasteiger partial charge in [-0.3, -0.25) is 4.79 Å². The first-order valence-electron chi connectivity index (χ1n) is 4.48. The zero-order chi connectivity index (χ0) is 12.4. The summed E-state index contributed by atoms with van der Waals surface area (Å²) in [6, 6.07) is 0. The predicted molar refractivity (Wildman–Crippen MR) is 54.5 cm³/mol. The third-order valence-corrected chi connectivity index (χ3v) is 1.57. The monoisotopic (exact) mass is 224 g/mol. The van der Waals surface area contributed by atoms with Gasteiger partial charge < -0.3 is 15.0 Å². The standard InChI is InChI=1S/C10H12N2O4/c1-3-4-6-16-7-5-8(13)9(12-11)10(14)15-2/h5-7H2,1-2H3. The van der Waals surface area contributed by atoms with Crippen LogP contribution in [0.15, 0.2) is 0 Å². The van der Waals surface area contributed by atoms with E-state index in [0.29, 0.717) is 0 Å². The topological polar surface area (TPSA) is 89.0 Å². The van der Waals surface area contributed by atoms with Crippen LogP contribution >= 0.6 is 0 Å². The van der Waals surface area contributed by atoms with Crippen molar-refractivity contribution in [3.8, 4) is 11.8 Å². The Kier molecular flexibility index (Phi) is 7.33. The van der Waals surface area contributed by atoms with Crippen molar-refractivity contribution in [2.45, 2.75) is 13.3 Å². The summed E-state index contributed by atoms with van der Waals surface area (Å²) >= 11 is 0. The highest BCUT2D eigenvalue weighted by Crippen LogP contribution is 1.90. The van der Waals surface area contributed by atoms with Crippen molar-refractivity contribution in [2.75, 3.05) is 20.3 Å². The minimum atomic E-state index is -0.971. The number of esters is 1. The average molecular weight is 224 g/mol. The summed E-state index contributed by atoms with van der Waals surface area (Å²) in [6.07, 6.45) is -0.0696. The minimum Gasteiger partial charge on any atom is -0.460 e. The Bertz CT molecular complexity index is 372. The summed E-state index contributed by atoms with van der Waals surface area (Å²) in [7, 11) is 1.09. The fraction of sp³-hybridized carbons (Fsp3) is 0.500. The molecule has 0 aromatic heterocycles. The molecule has 0 atom stereocenters. The fourth-order valence-corrected chi connectivity index (χ4v) is 0.786. The molecule has 0 aliphatic carbocycles. The van der Waals surface area contributed by atoms with Crippen LogP contribution in [-0.4, -0.2) is 42.6 Å². The lowest BCUT2D eigenvalue weighted by Crippen LogP contribution is -2.27. The van der Waals surface area contributed by atoms with Gasteiger partial charge in [0.25, 0.3) is 5.78 Å². The zero-order valence-corrected chi connectivity index (χ0v) is 9.15. The van der Waals surface area contributed by atoms with Crippen LogP contribution in [0.4, 0.5) is 0 Å². The number of ketones is 1. The Morgan fingerprint density at radius 2 is 2.12 bits per heavy atom. The van der Waals surface area contributed by atoms with Crippen molar-refractivity contribution in [3.63, 3.8) is 0 Å². The summed E-state index contributed by atoms with van der Waals surface area (Å²) in [6.45, 7) is 1.99. The summed E-state index contributed by atoms with van der Waals surface area (Å²) in [5, 5.41) is 0. The smallest absolute Gasteiger partial charge is 0.441 e. The normalized spacial score (nSPS) is 8.38. The molecule has 0 rings (SSSR count). The van der Waals surface area contributed by atoms with E-state index in [2.05, 4.69) is 21.4 Å². The lowest BCUT2D eigenvalue weighted by molar-refractivity contribution is -0.139. The zero-order valence-electron chi connectivity index (χ0n) is 9.15. The molecule has 86 valence electrons. The molecule has 0 fully saturated rings. The number of ether oxygens (including phenoxy) is 2. The van der Waals surface area contributed by atoms with Crippen molar-refractivity contribution in [1.82, 2.24) is 0 Å². The van der Waals surface area contributed by atoms with E-state index < -0.39 is 17.5 Å². The van der Waals surface area contributed by atoms with E-state index in [1.54, 1.807) is 6.92 Å². The molecule has 0 unspecified atom stereocenters. The molecule has 0 N–H and O–H groups in total. The van der Waals surface area contributed by atoms with E-state index in [-0.39, 0.29) is 19.6 Å². The lowest BCUT2D eigenvalue weighted by Gasteiger charge is -1.96. The maximum atomic E-state index is 11.3. The molecule has 0 amide bonds. The quantitative estimate of drug-likeness (QED) is 0.119. The summed E-state index contributed by atoms with van der Waals surface area (Å²) in [5.41, 5.74) is 7.81. The maximum absolute atomic E-state index is 11.3. The molecular formula is C10H12N2O4. The number of rotatable bonds is 6. The van der Waals surface area contributed by atoms with Gasteiger partial charge in [0.2, 0.25) is 0 Å². The summed E-state index contributed by atoms with van der Waals surface area (Å²) in [4.78, 5) is 24.8.